The van der Waals surface area contributed by atoms with Gasteiger partial charge in [0.2, 0.25) is 15.9 Å². The van der Waals surface area contributed by atoms with Crippen LogP contribution in [0.2, 0.25) is 0 Å². The summed E-state index contributed by atoms with van der Waals surface area (Å²) in [7, 11) is -3.74. The number of carbonyl (C=O) groups excluding carboxylic acids is 1. The van der Waals surface area contributed by atoms with Crippen molar-refractivity contribution in [2.45, 2.75) is 31.3 Å². The summed E-state index contributed by atoms with van der Waals surface area (Å²) in [5, 5.41) is 8.13. The van der Waals surface area contributed by atoms with Crippen LogP contribution in [0.4, 0.5) is 5.69 Å². The number of nitrogens with one attached hydrogen (secondary N) is 1. The smallest absolute Gasteiger partial charge is 0.240 e. The maximum absolute atomic E-state index is 12.8. The molecule has 0 radical (unpaired) electrons. The van der Waals surface area contributed by atoms with Gasteiger partial charge >= 0.3 is 0 Å². The van der Waals surface area contributed by atoms with E-state index in [1.165, 1.54) is 12.1 Å². The van der Waals surface area contributed by atoms with Crippen molar-refractivity contribution in [2.24, 2.45) is 5.14 Å². The van der Waals surface area contributed by atoms with E-state index in [1.807, 2.05) is 73.3 Å². The fourth-order valence-electron chi connectivity index (χ4n) is 3.29. The number of sulfonamides is 1. The monoisotopic (exact) mass is 437 g/mol. The van der Waals surface area contributed by atoms with E-state index in [2.05, 4.69) is 5.32 Å². The van der Waals surface area contributed by atoms with E-state index < -0.39 is 10.0 Å². The van der Waals surface area contributed by atoms with Gasteiger partial charge in [-0.3, -0.25) is 4.79 Å². The predicted octanol–water partition coefficient (Wildman–Crippen LogP) is 3.53. The third-order valence-corrected chi connectivity index (χ3v) is 5.97. The van der Waals surface area contributed by atoms with Crippen LogP contribution in [0, 0.1) is 6.92 Å². The van der Waals surface area contributed by atoms with Crippen molar-refractivity contribution in [3.05, 3.63) is 95.6 Å². The van der Waals surface area contributed by atoms with Crippen LogP contribution in [-0.2, 0) is 21.4 Å². The Morgan fingerprint density at radius 2 is 1.58 bits per heavy atom. The van der Waals surface area contributed by atoms with Gasteiger partial charge in [0, 0.05) is 12.2 Å². The first-order chi connectivity index (χ1) is 14.7. The van der Waals surface area contributed by atoms with Crippen LogP contribution in [0.25, 0.3) is 0 Å². The molecule has 0 fully saturated rings. The molecule has 3 aromatic carbocycles. The van der Waals surface area contributed by atoms with Crippen molar-refractivity contribution >= 4 is 21.6 Å². The zero-order valence-corrected chi connectivity index (χ0v) is 18.5. The molecule has 0 aliphatic heterocycles. The second-order valence-electron chi connectivity index (χ2n) is 7.58. The Bertz CT molecular complexity index is 1110. The molecule has 0 aromatic heterocycles. The second kappa shape index (κ2) is 9.76. The molecule has 3 N–H and O–H groups in total. The zero-order valence-electron chi connectivity index (χ0n) is 17.7. The Morgan fingerprint density at radius 3 is 2.16 bits per heavy atom. The molecule has 162 valence electrons. The minimum Gasteiger partial charge on any atom is -0.358 e. The van der Waals surface area contributed by atoms with Gasteiger partial charge in [0.15, 0.2) is 0 Å². The average Bonchev–Trinajstić information content (AvgIpc) is 2.74. The van der Waals surface area contributed by atoms with Gasteiger partial charge in [0.1, 0.15) is 0 Å². The predicted molar refractivity (Wildman–Crippen MR) is 123 cm³/mol. The topological polar surface area (TPSA) is 92.5 Å². The van der Waals surface area contributed by atoms with Crippen LogP contribution in [0.5, 0.6) is 0 Å². The van der Waals surface area contributed by atoms with E-state index in [-0.39, 0.29) is 23.4 Å². The first kappa shape index (κ1) is 22.5. The molecule has 6 nitrogen and oxygen atoms in total. The second-order valence-corrected chi connectivity index (χ2v) is 9.14. The maximum atomic E-state index is 12.8. The minimum atomic E-state index is -3.74. The summed E-state index contributed by atoms with van der Waals surface area (Å²) in [6.45, 7) is 4.68. The summed E-state index contributed by atoms with van der Waals surface area (Å²) in [6.07, 6.45) is 0. The Balaban J connectivity index is 1.71. The van der Waals surface area contributed by atoms with Gasteiger partial charge in [-0.25, -0.2) is 13.6 Å². The summed E-state index contributed by atoms with van der Waals surface area (Å²) in [5.41, 5.74) is 4.03. The fraction of sp³-hybridized carbons (Fsp3) is 0.208. The van der Waals surface area contributed by atoms with Crippen LogP contribution in [0.3, 0.4) is 0 Å². The summed E-state index contributed by atoms with van der Waals surface area (Å²) in [4.78, 5) is 14.9. The van der Waals surface area contributed by atoms with Crippen LogP contribution in [0.1, 0.15) is 29.7 Å². The first-order valence-electron chi connectivity index (χ1n) is 10.00. The highest BCUT2D eigenvalue weighted by molar-refractivity contribution is 7.89. The van der Waals surface area contributed by atoms with E-state index in [9.17, 15) is 13.2 Å². The van der Waals surface area contributed by atoms with Gasteiger partial charge in [0.05, 0.1) is 17.5 Å². The van der Waals surface area contributed by atoms with Gasteiger partial charge in [-0.05, 0) is 49.2 Å². The molecule has 0 heterocycles. The number of rotatable bonds is 8. The highest BCUT2D eigenvalue weighted by Crippen LogP contribution is 2.19. The highest BCUT2D eigenvalue weighted by atomic mass is 32.2. The number of carbonyl (C=O) groups is 1. The Labute approximate surface area is 183 Å². The number of benzene rings is 3. The molecule has 0 saturated carbocycles. The van der Waals surface area contributed by atoms with Gasteiger partial charge in [-0.15, -0.1) is 0 Å². The molecular formula is C24H27N3O3S. The molecule has 1 amide bonds. The number of nitrogens with zero attached hydrogens (tertiary/aromatic N) is 1. The maximum Gasteiger partial charge on any atom is 0.240 e. The molecule has 0 spiro atoms. The number of hydrogen-bond donors (Lipinski definition) is 2. The van der Waals surface area contributed by atoms with E-state index in [0.29, 0.717) is 6.54 Å². The lowest BCUT2D eigenvalue weighted by atomic mass is 10.1. The first-order valence-corrected chi connectivity index (χ1v) is 11.5. The molecule has 0 aliphatic rings. The van der Waals surface area contributed by atoms with Gasteiger partial charge in [0.25, 0.3) is 0 Å². The Hall–Kier alpha value is -3.16. The quantitative estimate of drug-likeness (QED) is 0.564. The minimum absolute atomic E-state index is 0.0446. The van der Waals surface area contributed by atoms with E-state index in [4.69, 9.17) is 5.14 Å². The molecule has 7 heteroatoms. The highest BCUT2D eigenvalue weighted by Gasteiger charge is 2.16. The zero-order chi connectivity index (χ0) is 22.4. The Kier molecular flexibility index (Phi) is 7.09. The van der Waals surface area contributed by atoms with Gasteiger partial charge in [-0.2, -0.15) is 0 Å². The lowest BCUT2D eigenvalue weighted by Crippen LogP contribution is -2.38. The summed E-state index contributed by atoms with van der Waals surface area (Å²) >= 11 is 0. The van der Waals surface area contributed by atoms with Crippen LogP contribution >= 0.6 is 0 Å². The number of primary sulfonamides is 1. The largest absolute Gasteiger partial charge is 0.358 e. The third-order valence-electron chi connectivity index (χ3n) is 5.04. The summed E-state index contributed by atoms with van der Waals surface area (Å²) in [6, 6.07) is 24.0. The van der Waals surface area contributed by atoms with E-state index in [0.717, 1.165) is 22.4 Å². The molecule has 0 unspecified atom stereocenters. The number of aryl methyl sites for hydroxylation is 1. The number of hydrogen-bond acceptors (Lipinski definition) is 4. The lowest BCUT2D eigenvalue weighted by Gasteiger charge is -2.26. The number of anilines is 1. The van der Waals surface area contributed by atoms with Crippen LogP contribution < -0.4 is 15.4 Å². The van der Waals surface area contributed by atoms with Crippen molar-refractivity contribution in [3.8, 4) is 0 Å². The normalized spacial score (nSPS) is 12.2. The standard InChI is InChI=1S/C24H27N3O3S/c1-18-8-12-22(13-9-18)27(16-20-6-4-3-5-7-20)17-24(28)26-19(2)21-10-14-23(15-11-21)31(25,29)30/h3-15,19H,16-17H2,1-2H3,(H,26,28)(H2,25,29,30)/t19-/m1/s1. The molecule has 1 atom stereocenters. The van der Waals surface area contributed by atoms with Crippen molar-refractivity contribution in [1.82, 2.24) is 5.32 Å². The SMILES string of the molecule is Cc1ccc(N(CC(=O)N[C@H](C)c2ccc(S(N)(=O)=O)cc2)Cc2ccccc2)cc1. The molecule has 3 aromatic rings. The molecule has 0 bridgehead atoms. The molecular weight excluding hydrogens is 410 g/mol. The van der Waals surface area contributed by atoms with Crippen molar-refractivity contribution < 1.29 is 13.2 Å². The summed E-state index contributed by atoms with van der Waals surface area (Å²) < 4.78 is 22.8. The lowest BCUT2D eigenvalue weighted by molar-refractivity contribution is -0.120. The molecule has 3 rings (SSSR count). The van der Waals surface area contributed by atoms with Crippen molar-refractivity contribution in [3.63, 3.8) is 0 Å². The van der Waals surface area contributed by atoms with E-state index >= 15 is 0 Å². The van der Waals surface area contributed by atoms with Crippen LogP contribution in [0.15, 0.2) is 83.8 Å². The van der Waals surface area contributed by atoms with Crippen molar-refractivity contribution in [1.29, 1.82) is 0 Å². The van der Waals surface area contributed by atoms with Gasteiger partial charge in [-0.1, -0.05) is 60.2 Å². The average molecular weight is 438 g/mol. The summed E-state index contributed by atoms with van der Waals surface area (Å²) in [5.74, 6) is -0.125. The number of nitrogens with two attached hydrogens (primary N) is 1. The fourth-order valence-corrected chi connectivity index (χ4v) is 3.80. The number of amides is 1. The van der Waals surface area contributed by atoms with E-state index in [1.54, 1.807) is 12.1 Å². The van der Waals surface area contributed by atoms with Crippen molar-refractivity contribution in [2.75, 3.05) is 11.4 Å². The Morgan fingerprint density at radius 1 is 0.968 bits per heavy atom. The van der Waals surface area contributed by atoms with Gasteiger partial charge < -0.3 is 10.2 Å². The van der Waals surface area contributed by atoms with Crippen LogP contribution in [-0.4, -0.2) is 20.9 Å². The molecule has 0 saturated heterocycles. The third kappa shape index (κ3) is 6.41. The molecule has 0 aliphatic carbocycles. The molecule has 31 heavy (non-hydrogen) atoms.